The van der Waals surface area contributed by atoms with Gasteiger partial charge in [0.2, 0.25) is 0 Å². The molecule has 0 aromatic heterocycles. The van der Waals surface area contributed by atoms with E-state index in [0.717, 1.165) is 30.8 Å². The minimum atomic E-state index is -0.247. The van der Waals surface area contributed by atoms with Gasteiger partial charge in [-0.3, -0.25) is 5.41 Å². The molecule has 1 saturated heterocycles. The highest BCUT2D eigenvalue weighted by Crippen LogP contribution is 2.26. The van der Waals surface area contributed by atoms with Gasteiger partial charge in [0.25, 0.3) is 0 Å². The zero-order chi connectivity index (χ0) is 13.4. The molecule has 19 heavy (non-hydrogen) atoms. The number of nitrogens with zero attached hydrogens (tertiary/aromatic N) is 2. The van der Waals surface area contributed by atoms with Crippen LogP contribution in [-0.4, -0.2) is 42.3 Å². The van der Waals surface area contributed by atoms with Gasteiger partial charge in [-0.25, -0.2) is 4.39 Å². The molecule has 1 unspecified atom stereocenters. The van der Waals surface area contributed by atoms with Crippen molar-refractivity contribution in [2.24, 2.45) is 5.92 Å². The molecule has 0 bridgehead atoms. The molecule has 2 heterocycles. The second-order valence-electron chi connectivity index (χ2n) is 5.80. The molecule has 0 saturated carbocycles. The average Bonchev–Trinajstić information content (AvgIpc) is 2.67. The number of piperidine rings is 1. The lowest BCUT2D eigenvalue weighted by Crippen LogP contribution is -2.39. The maximum absolute atomic E-state index is 13.3. The predicted octanol–water partition coefficient (Wildman–Crippen LogP) is 2.31. The number of hydrogen-bond acceptors (Lipinski definition) is 2. The Morgan fingerprint density at radius 3 is 3.05 bits per heavy atom. The molecule has 3 nitrogen and oxygen atoms in total. The summed E-state index contributed by atoms with van der Waals surface area (Å²) in [6.07, 6.45) is 2.47. The van der Waals surface area contributed by atoms with Crippen LogP contribution in [0.15, 0.2) is 18.2 Å². The van der Waals surface area contributed by atoms with Crippen LogP contribution in [0.1, 0.15) is 24.0 Å². The van der Waals surface area contributed by atoms with Crippen molar-refractivity contribution in [3.8, 4) is 0 Å². The van der Waals surface area contributed by atoms with Crippen LogP contribution in [0.5, 0.6) is 0 Å². The molecule has 2 aliphatic rings. The van der Waals surface area contributed by atoms with Gasteiger partial charge in [0.1, 0.15) is 11.7 Å². The molecule has 0 radical (unpaired) electrons. The molecule has 4 heteroatoms. The fraction of sp³-hybridized carbons (Fsp3) is 0.533. The molecule has 3 rings (SSSR count). The van der Waals surface area contributed by atoms with Crippen LogP contribution in [0.2, 0.25) is 0 Å². The SMILES string of the molecule is CN1CCCC(CN2Cc3ccc(F)cc3C2=N)C1. The number of fused-ring (bicyclic) bond motifs is 1. The summed E-state index contributed by atoms with van der Waals surface area (Å²) in [5.74, 6) is 0.865. The molecule has 102 valence electrons. The highest BCUT2D eigenvalue weighted by atomic mass is 19.1. The monoisotopic (exact) mass is 261 g/mol. The molecule has 0 amide bonds. The Morgan fingerprint density at radius 1 is 1.42 bits per heavy atom. The highest BCUT2D eigenvalue weighted by molar-refractivity contribution is 6.00. The van der Waals surface area contributed by atoms with Crippen LogP contribution < -0.4 is 0 Å². The topological polar surface area (TPSA) is 30.3 Å². The normalized spacial score (nSPS) is 23.8. The number of halogens is 1. The molecular formula is C15H20FN3. The number of benzene rings is 1. The first kappa shape index (κ1) is 12.6. The van der Waals surface area contributed by atoms with Crippen molar-refractivity contribution in [3.05, 3.63) is 35.1 Å². The summed E-state index contributed by atoms with van der Waals surface area (Å²) in [6, 6.07) is 4.79. The summed E-state index contributed by atoms with van der Waals surface area (Å²) < 4.78 is 13.3. The van der Waals surface area contributed by atoms with E-state index in [1.807, 2.05) is 6.07 Å². The van der Waals surface area contributed by atoms with E-state index in [-0.39, 0.29) is 5.82 Å². The first-order valence-electron chi connectivity index (χ1n) is 6.94. The number of amidine groups is 1. The summed E-state index contributed by atoms with van der Waals surface area (Å²) >= 11 is 0. The van der Waals surface area contributed by atoms with Gasteiger partial charge in [0.15, 0.2) is 0 Å². The van der Waals surface area contributed by atoms with Gasteiger partial charge in [0.05, 0.1) is 0 Å². The Bertz CT molecular complexity index is 500. The maximum Gasteiger partial charge on any atom is 0.128 e. The maximum atomic E-state index is 13.3. The Hall–Kier alpha value is -1.42. The molecule has 0 spiro atoms. The van der Waals surface area contributed by atoms with E-state index >= 15 is 0 Å². The standard InChI is InChI=1S/C15H20FN3/c1-18-6-2-3-11(8-18)9-19-10-12-4-5-13(16)7-14(12)15(19)17/h4-5,7,11,17H,2-3,6,8-10H2,1H3. The van der Waals surface area contributed by atoms with Crippen molar-refractivity contribution >= 4 is 5.84 Å². The molecule has 1 N–H and O–H groups in total. The van der Waals surface area contributed by atoms with Crippen molar-refractivity contribution in [2.45, 2.75) is 19.4 Å². The molecule has 2 aliphatic heterocycles. The van der Waals surface area contributed by atoms with Crippen molar-refractivity contribution in [1.29, 1.82) is 5.41 Å². The first-order chi connectivity index (χ1) is 9.13. The molecule has 0 aliphatic carbocycles. The Kier molecular flexibility index (Phi) is 3.27. The van der Waals surface area contributed by atoms with Crippen LogP contribution in [0.25, 0.3) is 0 Å². The summed E-state index contributed by atoms with van der Waals surface area (Å²) in [5, 5.41) is 8.20. The third-order valence-corrected chi connectivity index (χ3v) is 4.21. The lowest BCUT2D eigenvalue weighted by molar-refractivity contribution is 0.182. The van der Waals surface area contributed by atoms with Crippen molar-refractivity contribution < 1.29 is 4.39 Å². The Balaban J connectivity index is 1.70. The summed E-state index contributed by atoms with van der Waals surface area (Å²) in [5.41, 5.74) is 1.85. The average molecular weight is 261 g/mol. The minimum absolute atomic E-state index is 0.247. The van der Waals surface area contributed by atoms with Crippen LogP contribution in [0.4, 0.5) is 4.39 Å². The van der Waals surface area contributed by atoms with Gasteiger partial charge < -0.3 is 9.80 Å². The predicted molar refractivity (Wildman–Crippen MR) is 73.9 cm³/mol. The van der Waals surface area contributed by atoms with Gasteiger partial charge in [0, 0.05) is 25.2 Å². The van der Waals surface area contributed by atoms with Crippen LogP contribution in [0.3, 0.4) is 0 Å². The van der Waals surface area contributed by atoms with E-state index in [4.69, 9.17) is 5.41 Å². The lowest BCUT2D eigenvalue weighted by Gasteiger charge is -2.32. The zero-order valence-electron chi connectivity index (χ0n) is 11.3. The summed E-state index contributed by atoms with van der Waals surface area (Å²) in [4.78, 5) is 4.45. The van der Waals surface area contributed by atoms with Gasteiger partial charge in [-0.2, -0.15) is 0 Å². The van der Waals surface area contributed by atoms with Gasteiger partial charge in [-0.15, -0.1) is 0 Å². The molecule has 1 atom stereocenters. The second-order valence-corrected chi connectivity index (χ2v) is 5.80. The molecule has 1 fully saturated rings. The summed E-state index contributed by atoms with van der Waals surface area (Å²) in [7, 11) is 2.16. The fourth-order valence-corrected chi connectivity index (χ4v) is 3.25. The van der Waals surface area contributed by atoms with E-state index in [2.05, 4.69) is 16.8 Å². The highest BCUT2D eigenvalue weighted by Gasteiger charge is 2.28. The summed E-state index contributed by atoms with van der Waals surface area (Å²) in [6.45, 7) is 3.96. The van der Waals surface area contributed by atoms with Crippen LogP contribution in [0, 0.1) is 17.1 Å². The number of nitrogens with one attached hydrogen (secondary N) is 1. The van der Waals surface area contributed by atoms with Crippen LogP contribution >= 0.6 is 0 Å². The molecule has 1 aromatic rings. The lowest BCUT2D eigenvalue weighted by atomic mass is 9.98. The van der Waals surface area contributed by atoms with Gasteiger partial charge in [-0.05, 0) is 50.0 Å². The van der Waals surface area contributed by atoms with Crippen molar-refractivity contribution in [3.63, 3.8) is 0 Å². The van der Waals surface area contributed by atoms with E-state index in [0.29, 0.717) is 11.8 Å². The third-order valence-electron chi connectivity index (χ3n) is 4.21. The van der Waals surface area contributed by atoms with E-state index < -0.39 is 0 Å². The quantitative estimate of drug-likeness (QED) is 0.885. The number of rotatable bonds is 2. The fourth-order valence-electron chi connectivity index (χ4n) is 3.25. The largest absolute Gasteiger partial charge is 0.352 e. The third kappa shape index (κ3) is 2.50. The Labute approximate surface area is 113 Å². The molecular weight excluding hydrogens is 241 g/mol. The van der Waals surface area contributed by atoms with Crippen LogP contribution in [-0.2, 0) is 6.54 Å². The smallest absolute Gasteiger partial charge is 0.128 e. The Morgan fingerprint density at radius 2 is 2.26 bits per heavy atom. The minimum Gasteiger partial charge on any atom is -0.352 e. The second kappa shape index (κ2) is 4.93. The number of hydrogen-bond donors (Lipinski definition) is 1. The van der Waals surface area contributed by atoms with Gasteiger partial charge in [-0.1, -0.05) is 6.07 Å². The van der Waals surface area contributed by atoms with E-state index in [9.17, 15) is 4.39 Å². The van der Waals surface area contributed by atoms with Crippen molar-refractivity contribution in [1.82, 2.24) is 9.80 Å². The first-order valence-corrected chi connectivity index (χ1v) is 6.94. The van der Waals surface area contributed by atoms with E-state index in [1.54, 1.807) is 0 Å². The van der Waals surface area contributed by atoms with E-state index in [1.165, 1.54) is 31.5 Å². The number of likely N-dealkylation sites (tertiary alicyclic amines) is 1. The van der Waals surface area contributed by atoms with Crippen molar-refractivity contribution in [2.75, 3.05) is 26.7 Å². The van der Waals surface area contributed by atoms with Gasteiger partial charge >= 0.3 is 0 Å². The zero-order valence-corrected chi connectivity index (χ0v) is 11.3. The molecule has 1 aromatic carbocycles.